The molecule has 45 heavy (non-hydrogen) atoms. The number of amides is 1. The number of aliphatic carboxylic acids is 1. The number of fused-ring (bicyclic) bond motifs is 6. The highest BCUT2D eigenvalue weighted by molar-refractivity contribution is 6.32. The van der Waals surface area contributed by atoms with Crippen molar-refractivity contribution in [3.63, 3.8) is 0 Å². The molecular weight excluding hydrogens is 637 g/mol. The van der Waals surface area contributed by atoms with Crippen molar-refractivity contribution >= 4 is 41.0 Å². The molecule has 3 aromatic carbocycles. The Hall–Kier alpha value is -4.11. The lowest BCUT2D eigenvalue weighted by molar-refractivity contribution is -0.244. The Labute approximate surface area is 264 Å². The van der Waals surface area contributed by atoms with Crippen LogP contribution < -0.4 is 19.5 Å². The predicted octanol–water partition coefficient (Wildman–Crippen LogP) is 2.35. The van der Waals surface area contributed by atoms with Crippen LogP contribution in [0.15, 0.2) is 48.5 Å². The average Bonchev–Trinajstić information content (AvgIpc) is 3.29. The molecule has 3 aromatic rings. The van der Waals surface area contributed by atoms with E-state index in [-0.39, 0.29) is 38.6 Å². The standard InChI is InChI=1S/C30H25Cl2NO12/c1-12(35)33-25-27(39)26(38)23(10-34)44-29(25)43-22-9-20-16(7-18(22)32)30(14-5-3-2-4-13(14)28(40)45-30)15-6-17(31)21(8-19(15)42-20)41-11-24(36)37/h2-9,23,25-27,29,34,38-39H,10-11H2,1H3,(H,33,35)(H,36,37)/t23-,25-,26-,27-,29-,30+/m1/s1. The number of carboxylic acids is 1. The summed E-state index contributed by atoms with van der Waals surface area (Å²) in [5.74, 6) is -2.24. The van der Waals surface area contributed by atoms with Crippen molar-refractivity contribution < 1.29 is 58.5 Å². The molecule has 0 aromatic heterocycles. The number of rotatable bonds is 7. The van der Waals surface area contributed by atoms with Gasteiger partial charge in [-0.15, -0.1) is 0 Å². The quantitative estimate of drug-likeness (QED) is 0.233. The third kappa shape index (κ3) is 5.21. The summed E-state index contributed by atoms with van der Waals surface area (Å²) < 4.78 is 29.3. The van der Waals surface area contributed by atoms with Crippen LogP contribution in [0.5, 0.6) is 23.0 Å². The molecule has 3 heterocycles. The topological polar surface area (TPSA) is 190 Å². The molecule has 3 aliphatic heterocycles. The van der Waals surface area contributed by atoms with E-state index in [1.807, 2.05) is 0 Å². The monoisotopic (exact) mass is 661 g/mol. The molecule has 0 bridgehead atoms. The lowest BCUT2D eigenvalue weighted by Gasteiger charge is -2.42. The molecule has 13 nitrogen and oxygen atoms in total. The summed E-state index contributed by atoms with van der Waals surface area (Å²) in [7, 11) is 0. The Bertz CT molecular complexity index is 1720. The minimum absolute atomic E-state index is 0.00388. The van der Waals surface area contributed by atoms with Crippen molar-refractivity contribution in [1.82, 2.24) is 5.32 Å². The number of nitrogens with one attached hydrogen (secondary N) is 1. The SMILES string of the molecule is CC(=O)N[C@H]1[C@H](Oc2cc3c(cc2Cl)[C@@]2(OC(=O)c4ccccc42)c2cc(Cl)c(OCC(=O)O)cc2O3)O[C@H](CO)[C@@H](O)[C@@H]1O. The number of hydrogen-bond donors (Lipinski definition) is 5. The second-order valence-corrected chi connectivity index (χ2v) is 11.3. The van der Waals surface area contributed by atoms with Crippen molar-refractivity contribution in [2.45, 2.75) is 43.2 Å². The van der Waals surface area contributed by atoms with E-state index in [9.17, 15) is 29.7 Å². The van der Waals surface area contributed by atoms with Gasteiger partial charge in [0, 0.05) is 35.7 Å². The highest BCUT2D eigenvalue weighted by Crippen LogP contribution is 2.58. The number of aliphatic hydroxyl groups is 3. The number of halogens is 2. The first kappa shape index (κ1) is 30.9. The lowest BCUT2D eigenvalue weighted by Crippen LogP contribution is -2.65. The molecule has 0 saturated carbocycles. The highest BCUT2D eigenvalue weighted by Gasteiger charge is 2.54. The number of ether oxygens (including phenoxy) is 5. The van der Waals surface area contributed by atoms with E-state index in [2.05, 4.69) is 5.32 Å². The van der Waals surface area contributed by atoms with E-state index in [1.54, 1.807) is 24.3 Å². The summed E-state index contributed by atoms with van der Waals surface area (Å²) in [4.78, 5) is 36.2. The Morgan fingerprint density at radius 3 is 2.27 bits per heavy atom. The maximum atomic E-state index is 13.2. The molecule has 236 valence electrons. The van der Waals surface area contributed by atoms with E-state index < -0.39 is 67.3 Å². The third-order valence-electron chi connectivity index (χ3n) is 7.66. The molecule has 5 N–H and O–H groups in total. The molecule has 6 rings (SSSR count). The van der Waals surface area contributed by atoms with Crippen molar-refractivity contribution in [3.05, 3.63) is 80.8 Å². The molecule has 0 aliphatic carbocycles. The second kappa shape index (κ2) is 11.7. The molecule has 1 fully saturated rings. The van der Waals surface area contributed by atoms with Gasteiger partial charge in [-0.3, -0.25) is 4.79 Å². The summed E-state index contributed by atoms with van der Waals surface area (Å²) in [6.07, 6.45) is -5.78. The normalized spacial score (nSPS) is 26.2. The first-order chi connectivity index (χ1) is 21.4. The fourth-order valence-corrected chi connectivity index (χ4v) is 6.13. The van der Waals surface area contributed by atoms with Crippen LogP contribution in [0.3, 0.4) is 0 Å². The Balaban J connectivity index is 1.47. The van der Waals surface area contributed by atoms with Gasteiger partial charge in [0.15, 0.2) is 12.2 Å². The Morgan fingerprint density at radius 2 is 1.62 bits per heavy atom. The first-order valence-electron chi connectivity index (χ1n) is 13.5. The van der Waals surface area contributed by atoms with Gasteiger partial charge in [0.2, 0.25) is 12.2 Å². The van der Waals surface area contributed by atoms with Crippen molar-refractivity contribution in [2.75, 3.05) is 13.2 Å². The molecule has 1 spiro atoms. The molecule has 0 unspecified atom stereocenters. The fraction of sp³-hybridized carbons (Fsp3) is 0.300. The number of benzene rings is 3. The lowest BCUT2D eigenvalue weighted by atomic mass is 9.77. The summed E-state index contributed by atoms with van der Waals surface area (Å²) in [5.41, 5.74) is -0.241. The van der Waals surface area contributed by atoms with Crippen LogP contribution in [0.1, 0.15) is 34.0 Å². The molecule has 1 amide bonds. The minimum atomic E-state index is -1.60. The van der Waals surface area contributed by atoms with Gasteiger partial charge in [0.05, 0.1) is 22.2 Å². The van der Waals surface area contributed by atoms with Crippen molar-refractivity contribution in [2.24, 2.45) is 0 Å². The van der Waals surface area contributed by atoms with Gasteiger partial charge in [0.25, 0.3) is 0 Å². The van der Waals surface area contributed by atoms with Crippen LogP contribution in [-0.4, -0.2) is 82.1 Å². The van der Waals surface area contributed by atoms with E-state index >= 15 is 0 Å². The zero-order valence-corrected chi connectivity index (χ0v) is 24.7. The van der Waals surface area contributed by atoms with E-state index in [0.717, 1.165) is 0 Å². The maximum Gasteiger partial charge on any atom is 0.341 e. The van der Waals surface area contributed by atoms with Gasteiger partial charge in [-0.2, -0.15) is 0 Å². The molecule has 3 aliphatic rings. The second-order valence-electron chi connectivity index (χ2n) is 10.5. The first-order valence-corrected chi connectivity index (χ1v) is 14.3. The van der Waals surface area contributed by atoms with Gasteiger partial charge in [-0.25, -0.2) is 9.59 Å². The van der Waals surface area contributed by atoms with Gasteiger partial charge in [0.1, 0.15) is 47.4 Å². The average molecular weight is 662 g/mol. The van der Waals surface area contributed by atoms with E-state index in [4.69, 9.17) is 52.0 Å². The largest absolute Gasteiger partial charge is 0.480 e. The number of esters is 1. The van der Waals surface area contributed by atoms with E-state index in [1.165, 1.54) is 31.2 Å². The van der Waals surface area contributed by atoms with Crippen LogP contribution >= 0.6 is 23.2 Å². The van der Waals surface area contributed by atoms with Crippen molar-refractivity contribution in [1.29, 1.82) is 0 Å². The van der Waals surface area contributed by atoms with Crippen molar-refractivity contribution in [3.8, 4) is 23.0 Å². The number of hydrogen-bond acceptors (Lipinski definition) is 11. The summed E-state index contributed by atoms with van der Waals surface area (Å²) >= 11 is 13.2. The summed E-state index contributed by atoms with van der Waals surface area (Å²) in [6, 6.07) is 11.1. The van der Waals surface area contributed by atoms with Crippen LogP contribution in [0.2, 0.25) is 10.0 Å². The van der Waals surface area contributed by atoms with Gasteiger partial charge in [-0.05, 0) is 18.2 Å². The molecular formula is C30H25Cl2NO12. The van der Waals surface area contributed by atoms with Crippen LogP contribution in [0.25, 0.3) is 0 Å². The van der Waals surface area contributed by atoms with E-state index in [0.29, 0.717) is 16.7 Å². The minimum Gasteiger partial charge on any atom is -0.480 e. The number of aliphatic hydroxyl groups excluding tert-OH is 3. The molecule has 1 saturated heterocycles. The number of carbonyl (C=O) groups excluding carboxylic acids is 2. The number of carboxylic acid groups (broad SMARTS) is 1. The van der Waals surface area contributed by atoms with Gasteiger partial charge >= 0.3 is 11.9 Å². The Kier molecular flexibility index (Phi) is 8.01. The molecule has 15 heteroatoms. The molecule has 0 radical (unpaired) electrons. The summed E-state index contributed by atoms with van der Waals surface area (Å²) in [6.45, 7) is -0.144. The molecule has 6 atom stereocenters. The highest BCUT2D eigenvalue weighted by atomic mass is 35.5. The van der Waals surface area contributed by atoms with Gasteiger partial charge < -0.3 is 49.4 Å². The maximum absolute atomic E-state index is 13.2. The zero-order valence-electron chi connectivity index (χ0n) is 23.2. The zero-order chi connectivity index (χ0) is 32.2. The number of carbonyl (C=O) groups is 3. The van der Waals surface area contributed by atoms with Crippen LogP contribution in [-0.2, 0) is 24.7 Å². The predicted molar refractivity (Wildman–Crippen MR) is 154 cm³/mol. The van der Waals surface area contributed by atoms with Crippen LogP contribution in [0, 0.1) is 0 Å². The van der Waals surface area contributed by atoms with Gasteiger partial charge in [-0.1, -0.05) is 41.4 Å². The van der Waals surface area contributed by atoms with Crippen LogP contribution in [0.4, 0.5) is 0 Å². The summed E-state index contributed by atoms with van der Waals surface area (Å²) in [5, 5.41) is 42.3. The third-order valence-corrected chi connectivity index (χ3v) is 8.25. The fourth-order valence-electron chi connectivity index (χ4n) is 5.71. The Morgan fingerprint density at radius 1 is 0.978 bits per heavy atom. The smallest absolute Gasteiger partial charge is 0.341 e.